The van der Waals surface area contributed by atoms with Crippen LogP contribution in [0.4, 0.5) is 5.82 Å². The second-order valence-electron chi connectivity index (χ2n) is 4.85. The summed E-state index contributed by atoms with van der Waals surface area (Å²) in [5.41, 5.74) is 0. The Bertz CT molecular complexity index is 366. The average Bonchev–Trinajstić information content (AvgIpc) is 2.29. The molecule has 1 heterocycles. The molecule has 0 aliphatic heterocycles. The summed E-state index contributed by atoms with van der Waals surface area (Å²) in [5.74, 6) is 2.64. The number of ether oxygens (including phenoxy) is 1. The Morgan fingerprint density at radius 3 is 2.50 bits per heavy atom. The molecule has 0 fully saturated rings. The molecule has 1 aromatic heterocycles. The van der Waals surface area contributed by atoms with Crippen LogP contribution in [0, 0.1) is 0 Å². The zero-order chi connectivity index (χ0) is 13.5. The molecule has 1 N–H and O–H groups in total. The van der Waals surface area contributed by atoms with Crippen molar-refractivity contribution in [3.63, 3.8) is 0 Å². The van der Waals surface area contributed by atoms with E-state index in [1.54, 1.807) is 0 Å². The molecule has 18 heavy (non-hydrogen) atoms. The molecule has 1 unspecified atom stereocenters. The fourth-order valence-electron chi connectivity index (χ4n) is 1.70. The number of hydrogen-bond acceptors (Lipinski definition) is 4. The van der Waals surface area contributed by atoms with Crippen molar-refractivity contribution in [2.24, 2.45) is 0 Å². The van der Waals surface area contributed by atoms with Crippen molar-refractivity contribution >= 4 is 5.82 Å². The maximum Gasteiger partial charge on any atom is 0.218 e. The molecule has 0 bridgehead atoms. The molecule has 0 aliphatic carbocycles. The Morgan fingerprint density at radius 1 is 1.22 bits per heavy atom. The third-order valence-corrected chi connectivity index (χ3v) is 2.61. The fraction of sp³-hybridized carbons (Fsp3) is 0.714. The first-order chi connectivity index (χ1) is 8.56. The standard InChI is InChI=1S/C14H25N3O/c1-6-8-11(5)18-13-9-12(15-7-2)16-14(17-13)10(3)4/h9-11H,6-8H2,1-5H3,(H,15,16,17). The van der Waals surface area contributed by atoms with Gasteiger partial charge in [-0.15, -0.1) is 0 Å². The maximum atomic E-state index is 5.84. The first-order valence-electron chi connectivity index (χ1n) is 6.86. The van der Waals surface area contributed by atoms with E-state index in [0.717, 1.165) is 31.0 Å². The van der Waals surface area contributed by atoms with Crippen LogP contribution in [0.15, 0.2) is 6.07 Å². The molecular formula is C14H25N3O. The second-order valence-corrected chi connectivity index (χ2v) is 4.85. The summed E-state index contributed by atoms with van der Waals surface area (Å²) in [6, 6.07) is 1.88. The lowest BCUT2D eigenvalue weighted by Gasteiger charge is -2.15. The van der Waals surface area contributed by atoms with Crippen LogP contribution in [-0.4, -0.2) is 22.6 Å². The van der Waals surface area contributed by atoms with E-state index in [4.69, 9.17) is 4.74 Å². The third kappa shape index (κ3) is 4.51. The van der Waals surface area contributed by atoms with Crippen molar-refractivity contribution in [1.82, 2.24) is 9.97 Å². The number of aromatic nitrogens is 2. The van der Waals surface area contributed by atoms with Gasteiger partial charge < -0.3 is 10.1 Å². The van der Waals surface area contributed by atoms with Crippen LogP contribution in [0.5, 0.6) is 5.88 Å². The first kappa shape index (κ1) is 14.7. The highest BCUT2D eigenvalue weighted by molar-refractivity contribution is 5.38. The van der Waals surface area contributed by atoms with Gasteiger partial charge in [0.05, 0.1) is 6.10 Å². The maximum absolute atomic E-state index is 5.84. The summed E-state index contributed by atoms with van der Waals surface area (Å²) in [7, 11) is 0. The van der Waals surface area contributed by atoms with Crippen LogP contribution in [0.2, 0.25) is 0 Å². The molecule has 0 aromatic carbocycles. The Balaban J connectivity index is 2.88. The van der Waals surface area contributed by atoms with Gasteiger partial charge in [-0.05, 0) is 20.3 Å². The Morgan fingerprint density at radius 2 is 1.94 bits per heavy atom. The minimum Gasteiger partial charge on any atom is -0.475 e. The lowest BCUT2D eigenvalue weighted by molar-refractivity contribution is 0.200. The number of nitrogens with zero attached hydrogens (tertiary/aromatic N) is 2. The normalized spacial score (nSPS) is 12.6. The van der Waals surface area contributed by atoms with Gasteiger partial charge in [0.2, 0.25) is 5.88 Å². The molecule has 0 aliphatic rings. The van der Waals surface area contributed by atoms with Gasteiger partial charge in [0.15, 0.2) is 0 Å². The molecule has 4 heteroatoms. The van der Waals surface area contributed by atoms with E-state index in [0.29, 0.717) is 11.8 Å². The van der Waals surface area contributed by atoms with E-state index < -0.39 is 0 Å². The molecule has 0 spiro atoms. The van der Waals surface area contributed by atoms with Gasteiger partial charge in [0.1, 0.15) is 11.6 Å². The minimum atomic E-state index is 0.194. The Hall–Kier alpha value is -1.32. The highest BCUT2D eigenvalue weighted by Crippen LogP contribution is 2.20. The van der Waals surface area contributed by atoms with Gasteiger partial charge in [-0.3, -0.25) is 0 Å². The molecular weight excluding hydrogens is 226 g/mol. The molecule has 102 valence electrons. The van der Waals surface area contributed by atoms with Gasteiger partial charge in [0.25, 0.3) is 0 Å². The summed E-state index contributed by atoms with van der Waals surface area (Å²) in [6.45, 7) is 11.3. The zero-order valence-electron chi connectivity index (χ0n) is 12.2. The van der Waals surface area contributed by atoms with E-state index in [9.17, 15) is 0 Å². The molecule has 0 saturated carbocycles. The first-order valence-corrected chi connectivity index (χ1v) is 6.86. The Kier molecular flexibility index (Phi) is 5.89. The Labute approximate surface area is 110 Å². The van der Waals surface area contributed by atoms with Crippen LogP contribution < -0.4 is 10.1 Å². The summed E-state index contributed by atoms with van der Waals surface area (Å²) in [4.78, 5) is 8.94. The molecule has 0 amide bonds. The number of hydrogen-bond donors (Lipinski definition) is 1. The predicted octanol–water partition coefficient (Wildman–Crippen LogP) is 3.60. The van der Waals surface area contributed by atoms with Crippen molar-refractivity contribution in [2.75, 3.05) is 11.9 Å². The van der Waals surface area contributed by atoms with E-state index >= 15 is 0 Å². The monoisotopic (exact) mass is 251 g/mol. The van der Waals surface area contributed by atoms with Crippen molar-refractivity contribution in [2.45, 2.75) is 59.5 Å². The van der Waals surface area contributed by atoms with Crippen molar-refractivity contribution in [3.8, 4) is 5.88 Å². The third-order valence-electron chi connectivity index (χ3n) is 2.61. The van der Waals surface area contributed by atoms with Crippen LogP contribution in [-0.2, 0) is 0 Å². The highest BCUT2D eigenvalue weighted by Gasteiger charge is 2.10. The smallest absolute Gasteiger partial charge is 0.218 e. The number of rotatable bonds is 7. The van der Waals surface area contributed by atoms with Gasteiger partial charge in [0, 0.05) is 18.5 Å². The van der Waals surface area contributed by atoms with Crippen LogP contribution in [0.1, 0.15) is 59.2 Å². The predicted molar refractivity (Wildman–Crippen MR) is 75.3 cm³/mol. The number of anilines is 1. The van der Waals surface area contributed by atoms with Gasteiger partial charge in [-0.2, -0.15) is 4.98 Å². The summed E-state index contributed by atoms with van der Waals surface area (Å²) >= 11 is 0. The zero-order valence-corrected chi connectivity index (χ0v) is 12.2. The van der Waals surface area contributed by atoms with Crippen molar-refractivity contribution < 1.29 is 4.74 Å². The summed E-state index contributed by atoms with van der Waals surface area (Å²) in [5, 5.41) is 3.22. The van der Waals surface area contributed by atoms with Gasteiger partial charge in [-0.25, -0.2) is 4.98 Å². The molecule has 0 saturated heterocycles. The van der Waals surface area contributed by atoms with Crippen LogP contribution in [0.3, 0.4) is 0 Å². The van der Waals surface area contributed by atoms with Crippen molar-refractivity contribution in [1.29, 1.82) is 0 Å². The van der Waals surface area contributed by atoms with E-state index in [1.165, 1.54) is 0 Å². The molecule has 4 nitrogen and oxygen atoms in total. The molecule has 0 radical (unpaired) electrons. The topological polar surface area (TPSA) is 47.0 Å². The minimum absolute atomic E-state index is 0.194. The second kappa shape index (κ2) is 7.19. The van der Waals surface area contributed by atoms with E-state index in [1.807, 2.05) is 6.07 Å². The largest absolute Gasteiger partial charge is 0.475 e. The SMILES string of the molecule is CCCC(C)Oc1cc(NCC)nc(C(C)C)n1. The van der Waals surface area contributed by atoms with Gasteiger partial charge >= 0.3 is 0 Å². The number of nitrogens with one attached hydrogen (secondary N) is 1. The molecule has 1 atom stereocenters. The van der Waals surface area contributed by atoms with E-state index in [-0.39, 0.29) is 6.10 Å². The quantitative estimate of drug-likeness (QED) is 0.804. The van der Waals surface area contributed by atoms with Gasteiger partial charge in [-0.1, -0.05) is 27.2 Å². The summed E-state index contributed by atoms with van der Waals surface area (Å²) < 4.78 is 5.84. The lowest BCUT2D eigenvalue weighted by atomic mass is 10.2. The highest BCUT2D eigenvalue weighted by atomic mass is 16.5. The average molecular weight is 251 g/mol. The van der Waals surface area contributed by atoms with Crippen LogP contribution >= 0.6 is 0 Å². The van der Waals surface area contributed by atoms with Crippen LogP contribution in [0.25, 0.3) is 0 Å². The molecule has 1 aromatic rings. The van der Waals surface area contributed by atoms with Crippen molar-refractivity contribution in [3.05, 3.63) is 11.9 Å². The summed E-state index contributed by atoms with van der Waals surface area (Å²) in [6.07, 6.45) is 2.35. The molecule has 1 rings (SSSR count). The fourth-order valence-corrected chi connectivity index (χ4v) is 1.70. The lowest BCUT2D eigenvalue weighted by Crippen LogP contribution is -2.14. The van der Waals surface area contributed by atoms with E-state index in [2.05, 4.69) is 49.9 Å².